The van der Waals surface area contributed by atoms with Gasteiger partial charge in [0, 0.05) is 24.1 Å². The van der Waals surface area contributed by atoms with Crippen molar-refractivity contribution in [2.45, 2.75) is 13.3 Å². The van der Waals surface area contributed by atoms with E-state index in [1.165, 1.54) is 5.56 Å². The standard InChI is InChI=1S/C18H17N3O2/c1-13-7-9-15(10-8-13)18-21-20-16(23-18)11-12-19-17(22)14-5-3-2-4-6-14/h2-10H,11-12H2,1H3,(H,19,22). The molecule has 0 unspecified atom stereocenters. The van der Waals surface area contributed by atoms with Crippen LogP contribution >= 0.6 is 0 Å². The maximum absolute atomic E-state index is 11.9. The van der Waals surface area contributed by atoms with Gasteiger partial charge in [0.2, 0.25) is 11.8 Å². The lowest BCUT2D eigenvalue weighted by molar-refractivity contribution is 0.0953. The number of hydrogen-bond acceptors (Lipinski definition) is 4. The molecule has 3 rings (SSSR count). The molecule has 0 atom stereocenters. The van der Waals surface area contributed by atoms with Gasteiger partial charge in [-0.2, -0.15) is 0 Å². The second kappa shape index (κ2) is 6.87. The van der Waals surface area contributed by atoms with Crippen molar-refractivity contribution >= 4 is 5.91 Å². The minimum Gasteiger partial charge on any atom is -0.421 e. The molecule has 2 aromatic carbocycles. The van der Waals surface area contributed by atoms with Crippen LogP contribution in [0.4, 0.5) is 0 Å². The summed E-state index contributed by atoms with van der Waals surface area (Å²) in [6, 6.07) is 17.0. The highest BCUT2D eigenvalue weighted by molar-refractivity contribution is 5.94. The Kier molecular flexibility index (Phi) is 4.47. The minimum absolute atomic E-state index is 0.108. The van der Waals surface area contributed by atoms with E-state index >= 15 is 0 Å². The molecular formula is C18H17N3O2. The smallest absolute Gasteiger partial charge is 0.251 e. The first-order valence-corrected chi connectivity index (χ1v) is 7.45. The van der Waals surface area contributed by atoms with Gasteiger partial charge >= 0.3 is 0 Å². The first-order chi connectivity index (χ1) is 11.2. The molecule has 1 aromatic heterocycles. The number of rotatable bonds is 5. The van der Waals surface area contributed by atoms with Gasteiger partial charge in [0.1, 0.15) is 0 Å². The highest BCUT2D eigenvalue weighted by Gasteiger charge is 2.09. The zero-order valence-electron chi connectivity index (χ0n) is 12.8. The number of carbonyl (C=O) groups is 1. The first kappa shape index (κ1) is 15.0. The van der Waals surface area contributed by atoms with E-state index in [1.54, 1.807) is 12.1 Å². The Morgan fingerprint density at radius 1 is 1.04 bits per heavy atom. The van der Waals surface area contributed by atoms with Crippen molar-refractivity contribution in [1.29, 1.82) is 0 Å². The maximum Gasteiger partial charge on any atom is 0.251 e. The molecular weight excluding hydrogens is 290 g/mol. The number of hydrogen-bond donors (Lipinski definition) is 1. The third-order valence-corrected chi connectivity index (χ3v) is 3.43. The van der Waals surface area contributed by atoms with Crippen molar-refractivity contribution in [2.75, 3.05) is 6.54 Å². The van der Waals surface area contributed by atoms with E-state index in [0.717, 1.165) is 5.56 Å². The maximum atomic E-state index is 11.9. The van der Waals surface area contributed by atoms with Crippen molar-refractivity contribution in [2.24, 2.45) is 0 Å². The fourth-order valence-corrected chi connectivity index (χ4v) is 2.14. The van der Waals surface area contributed by atoms with E-state index in [9.17, 15) is 4.79 Å². The average molecular weight is 307 g/mol. The molecule has 5 heteroatoms. The average Bonchev–Trinajstić information content (AvgIpc) is 3.05. The van der Waals surface area contributed by atoms with Crippen LogP contribution in [0.3, 0.4) is 0 Å². The summed E-state index contributed by atoms with van der Waals surface area (Å²) in [5, 5.41) is 10.9. The van der Waals surface area contributed by atoms with E-state index in [2.05, 4.69) is 15.5 Å². The van der Waals surface area contributed by atoms with Crippen LogP contribution in [0, 0.1) is 6.92 Å². The van der Waals surface area contributed by atoms with Crippen molar-refractivity contribution < 1.29 is 9.21 Å². The Balaban J connectivity index is 1.55. The van der Waals surface area contributed by atoms with E-state index in [0.29, 0.717) is 30.3 Å². The van der Waals surface area contributed by atoms with Gasteiger partial charge in [0.15, 0.2) is 0 Å². The lowest BCUT2D eigenvalue weighted by Gasteiger charge is -2.02. The molecule has 5 nitrogen and oxygen atoms in total. The highest BCUT2D eigenvalue weighted by Crippen LogP contribution is 2.18. The molecule has 0 fully saturated rings. The highest BCUT2D eigenvalue weighted by atomic mass is 16.4. The third-order valence-electron chi connectivity index (χ3n) is 3.43. The van der Waals surface area contributed by atoms with Crippen molar-refractivity contribution in [3.8, 4) is 11.5 Å². The molecule has 1 amide bonds. The molecule has 1 heterocycles. The summed E-state index contributed by atoms with van der Waals surface area (Å²) >= 11 is 0. The van der Waals surface area contributed by atoms with Crippen LogP contribution in [0.2, 0.25) is 0 Å². The van der Waals surface area contributed by atoms with Crippen LogP contribution in [0.15, 0.2) is 59.0 Å². The normalized spacial score (nSPS) is 10.5. The van der Waals surface area contributed by atoms with Crippen molar-refractivity contribution in [1.82, 2.24) is 15.5 Å². The van der Waals surface area contributed by atoms with Gasteiger partial charge in [-0.05, 0) is 31.2 Å². The van der Waals surface area contributed by atoms with Crippen LogP contribution < -0.4 is 5.32 Å². The SMILES string of the molecule is Cc1ccc(-c2nnc(CCNC(=O)c3ccccc3)o2)cc1. The number of aryl methyl sites for hydroxylation is 1. The molecule has 1 N–H and O–H groups in total. The number of nitrogens with zero attached hydrogens (tertiary/aromatic N) is 2. The molecule has 0 saturated heterocycles. The molecule has 23 heavy (non-hydrogen) atoms. The second-order valence-corrected chi connectivity index (χ2v) is 5.24. The first-order valence-electron chi connectivity index (χ1n) is 7.45. The molecule has 0 aliphatic carbocycles. The molecule has 0 bridgehead atoms. The predicted octanol–water partition coefficient (Wildman–Crippen LogP) is 3.02. The van der Waals surface area contributed by atoms with Gasteiger partial charge in [-0.3, -0.25) is 4.79 Å². The summed E-state index contributed by atoms with van der Waals surface area (Å²) in [6.45, 7) is 2.47. The van der Waals surface area contributed by atoms with E-state index in [4.69, 9.17) is 4.42 Å². The van der Waals surface area contributed by atoms with Crippen molar-refractivity contribution in [3.63, 3.8) is 0 Å². The summed E-state index contributed by atoms with van der Waals surface area (Å²) < 4.78 is 5.62. The molecule has 116 valence electrons. The predicted molar refractivity (Wildman–Crippen MR) is 87.0 cm³/mol. The Hall–Kier alpha value is -2.95. The summed E-state index contributed by atoms with van der Waals surface area (Å²) in [5.74, 6) is 0.896. The second-order valence-electron chi connectivity index (χ2n) is 5.24. The monoisotopic (exact) mass is 307 g/mol. The summed E-state index contributed by atoms with van der Waals surface area (Å²) in [7, 11) is 0. The Bertz CT molecular complexity index is 780. The fourth-order valence-electron chi connectivity index (χ4n) is 2.14. The third kappa shape index (κ3) is 3.83. The van der Waals surface area contributed by atoms with E-state index in [-0.39, 0.29) is 5.91 Å². The van der Waals surface area contributed by atoms with Crippen LogP contribution in [0.5, 0.6) is 0 Å². The molecule has 0 saturated carbocycles. The van der Waals surface area contributed by atoms with Crippen LogP contribution in [-0.4, -0.2) is 22.6 Å². The lowest BCUT2D eigenvalue weighted by Crippen LogP contribution is -2.25. The van der Waals surface area contributed by atoms with Gasteiger partial charge in [0.05, 0.1) is 0 Å². The van der Waals surface area contributed by atoms with Crippen molar-refractivity contribution in [3.05, 3.63) is 71.6 Å². The number of nitrogens with one attached hydrogen (secondary N) is 1. The van der Waals surface area contributed by atoms with E-state index in [1.807, 2.05) is 49.4 Å². The lowest BCUT2D eigenvalue weighted by atomic mass is 10.1. The van der Waals surface area contributed by atoms with E-state index < -0.39 is 0 Å². The molecule has 0 aliphatic heterocycles. The number of benzene rings is 2. The topological polar surface area (TPSA) is 68.0 Å². The summed E-state index contributed by atoms with van der Waals surface area (Å²) in [6.07, 6.45) is 0.497. The summed E-state index contributed by atoms with van der Waals surface area (Å²) in [5.41, 5.74) is 2.71. The number of carbonyl (C=O) groups excluding carboxylic acids is 1. The van der Waals surface area contributed by atoms with Gasteiger partial charge < -0.3 is 9.73 Å². The van der Waals surface area contributed by atoms with Crippen LogP contribution in [0.25, 0.3) is 11.5 Å². The Morgan fingerprint density at radius 3 is 2.52 bits per heavy atom. The molecule has 3 aromatic rings. The van der Waals surface area contributed by atoms with Gasteiger partial charge in [0.25, 0.3) is 5.91 Å². The molecule has 0 spiro atoms. The zero-order chi connectivity index (χ0) is 16.1. The van der Waals surface area contributed by atoms with Crippen LogP contribution in [-0.2, 0) is 6.42 Å². The van der Waals surface area contributed by atoms with Crippen LogP contribution in [0.1, 0.15) is 21.8 Å². The molecule has 0 radical (unpaired) electrons. The quantitative estimate of drug-likeness (QED) is 0.786. The van der Waals surface area contributed by atoms with Gasteiger partial charge in [-0.25, -0.2) is 0 Å². The largest absolute Gasteiger partial charge is 0.421 e. The van der Waals surface area contributed by atoms with Gasteiger partial charge in [-0.1, -0.05) is 35.9 Å². The number of aromatic nitrogens is 2. The Morgan fingerprint density at radius 2 is 1.78 bits per heavy atom. The molecule has 0 aliphatic rings. The number of amides is 1. The zero-order valence-corrected chi connectivity index (χ0v) is 12.8. The minimum atomic E-state index is -0.108. The Labute approximate surface area is 134 Å². The van der Waals surface area contributed by atoms with Gasteiger partial charge in [-0.15, -0.1) is 10.2 Å². The fraction of sp³-hybridized carbons (Fsp3) is 0.167. The summed E-state index contributed by atoms with van der Waals surface area (Å²) in [4.78, 5) is 11.9.